The Morgan fingerprint density at radius 2 is 1.82 bits per heavy atom. The number of sulfone groups is 1. The summed E-state index contributed by atoms with van der Waals surface area (Å²) in [5, 5.41) is 2.75. The van der Waals surface area contributed by atoms with Crippen LogP contribution in [0.3, 0.4) is 0 Å². The maximum atomic E-state index is 14.0. The lowest BCUT2D eigenvalue weighted by molar-refractivity contribution is -0.138. The highest BCUT2D eigenvalue weighted by Crippen LogP contribution is 2.34. The number of alkyl halides is 3. The third-order valence-electron chi connectivity index (χ3n) is 6.49. The number of piperidine rings is 1. The van der Waals surface area contributed by atoms with Gasteiger partial charge in [0, 0.05) is 36.8 Å². The molecule has 1 aliphatic heterocycles. The zero-order valence-corrected chi connectivity index (χ0v) is 23.9. The van der Waals surface area contributed by atoms with Gasteiger partial charge in [-0.25, -0.2) is 21.6 Å². The van der Waals surface area contributed by atoms with Crippen molar-refractivity contribution in [2.75, 3.05) is 31.6 Å². The number of rotatable bonds is 10. The maximum absolute atomic E-state index is 14.0. The molecule has 39 heavy (non-hydrogen) atoms. The predicted octanol–water partition coefficient (Wildman–Crippen LogP) is 3.84. The average Bonchev–Trinajstić information content (AvgIpc) is 2.85. The van der Waals surface area contributed by atoms with Gasteiger partial charge < -0.3 is 5.32 Å². The molecule has 2 aromatic carbocycles. The SMILES string of the molecule is CCS(=O)(=O)c1ccc(Cl)cc1CNC(=O)c1ccc(CN2CCCC(CNS(C)(=O)=O)C2)c(C(F)(F)F)c1. The maximum Gasteiger partial charge on any atom is 0.416 e. The van der Waals surface area contributed by atoms with Crippen molar-refractivity contribution in [3.05, 3.63) is 63.7 Å². The Bertz CT molecular complexity index is 1420. The van der Waals surface area contributed by atoms with E-state index in [4.69, 9.17) is 11.6 Å². The van der Waals surface area contributed by atoms with E-state index in [1.54, 1.807) is 0 Å². The summed E-state index contributed by atoms with van der Waals surface area (Å²) in [5.41, 5.74) is -0.928. The van der Waals surface area contributed by atoms with Crippen LogP contribution in [0.25, 0.3) is 0 Å². The minimum atomic E-state index is -4.71. The molecule has 0 bridgehead atoms. The van der Waals surface area contributed by atoms with Crippen LogP contribution in [-0.2, 0) is 39.1 Å². The fourth-order valence-electron chi connectivity index (χ4n) is 4.51. The molecular weight excluding hydrogens is 579 g/mol. The number of sulfonamides is 1. The molecule has 0 aromatic heterocycles. The summed E-state index contributed by atoms with van der Waals surface area (Å²) >= 11 is 5.99. The van der Waals surface area contributed by atoms with Crippen molar-refractivity contribution in [1.29, 1.82) is 0 Å². The monoisotopic (exact) mass is 609 g/mol. The number of halogens is 4. The second kappa shape index (κ2) is 12.5. The molecule has 14 heteroatoms. The Kier molecular flexibility index (Phi) is 10.1. The number of hydrogen-bond donors (Lipinski definition) is 2. The van der Waals surface area contributed by atoms with E-state index < -0.39 is 37.5 Å². The number of hydrogen-bond acceptors (Lipinski definition) is 6. The number of nitrogens with one attached hydrogen (secondary N) is 2. The summed E-state index contributed by atoms with van der Waals surface area (Å²) in [6, 6.07) is 7.50. The van der Waals surface area contributed by atoms with E-state index in [1.165, 1.54) is 37.3 Å². The summed E-state index contributed by atoms with van der Waals surface area (Å²) in [5.74, 6) is -0.990. The number of amides is 1. The van der Waals surface area contributed by atoms with Crippen molar-refractivity contribution in [2.24, 2.45) is 5.92 Å². The minimum Gasteiger partial charge on any atom is -0.348 e. The topological polar surface area (TPSA) is 113 Å². The Morgan fingerprint density at radius 3 is 2.46 bits per heavy atom. The summed E-state index contributed by atoms with van der Waals surface area (Å²) in [7, 11) is -6.98. The van der Waals surface area contributed by atoms with Crippen LogP contribution in [0.4, 0.5) is 13.2 Å². The Labute approximate surface area is 231 Å². The largest absolute Gasteiger partial charge is 0.416 e. The third kappa shape index (κ3) is 8.90. The van der Waals surface area contributed by atoms with Crippen molar-refractivity contribution in [3.63, 3.8) is 0 Å². The van der Waals surface area contributed by atoms with Gasteiger partial charge in [0.1, 0.15) is 0 Å². The molecule has 1 amide bonds. The third-order valence-corrected chi connectivity index (χ3v) is 9.24. The molecule has 8 nitrogen and oxygen atoms in total. The first kappa shape index (κ1) is 31.3. The van der Waals surface area contributed by atoms with Crippen molar-refractivity contribution in [1.82, 2.24) is 14.9 Å². The van der Waals surface area contributed by atoms with Gasteiger partial charge in [-0.15, -0.1) is 0 Å². The standard InChI is InChI=1S/C25H31ClF3N3O5S2/c1-3-39(36,37)23-9-8-21(26)11-20(23)14-30-24(33)18-6-7-19(22(12-18)25(27,28)29)16-32-10-4-5-17(15-32)13-31-38(2,34)35/h6-9,11-12,17,31H,3-5,10,13-16H2,1-2H3,(H,30,33). The zero-order valence-electron chi connectivity index (χ0n) is 21.5. The van der Waals surface area contributed by atoms with Crippen LogP contribution in [0.1, 0.15) is 46.8 Å². The van der Waals surface area contributed by atoms with Crippen LogP contribution in [-0.4, -0.2) is 59.3 Å². The first-order valence-electron chi connectivity index (χ1n) is 12.3. The first-order chi connectivity index (χ1) is 18.1. The van der Waals surface area contributed by atoms with E-state index in [-0.39, 0.29) is 57.9 Å². The molecule has 0 saturated carbocycles. The number of nitrogens with zero attached hydrogens (tertiary/aromatic N) is 1. The first-order valence-corrected chi connectivity index (χ1v) is 16.2. The molecule has 2 aromatic rings. The summed E-state index contributed by atoms with van der Waals surface area (Å²) in [6.45, 7) is 2.44. The second-order valence-corrected chi connectivity index (χ2v) is 14.1. The molecule has 1 atom stereocenters. The van der Waals surface area contributed by atoms with Crippen LogP contribution in [0.5, 0.6) is 0 Å². The van der Waals surface area contributed by atoms with Crippen LogP contribution in [0.15, 0.2) is 41.3 Å². The highest BCUT2D eigenvalue weighted by Gasteiger charge is 2.35. The second-order valence-electron chi connectivity index (χ2n) is 9.57. The van der Waals surface area contributed by atoms with Crippen LogP contribution < -0.4 is 10.0 Å². The van der Waals surface area contributed by atoms with Crippen molar-refractivity contribution in [3.8, 4) is 0 Å². The molecule has 0 spiro atoms. The lowest BCUT2D eigenvalue weighted by Crippen LogP contribution is -2.40. The Hall–Kier alpha value is -2.19. The lowest BCUT2D eigenvalue weighted by Gasteiger charge is -2.33. The van der Waals surface area contributed by atoms with Gasteiger partial charge in [0.2, 0.25) is 10.0 Å². The summed E-state index contributed by atoms with van der Waals surface area (Å²) in [6.07, 6.45) is -2.18. The van der Waals surface area contributed by atoms with Gasteiger partial charge in [-0.3, -0.25) is 9.69 Å². The number of carbonyl (C=O) groups excluding carboxylic acids is 1. The average molecular weight is 610 g/mol. The van der Waals surface area contributed by atoms with E-state index in [0.717, 1.165) is 25.2 Å². The lowest BCUT2D eigenvalue weighted by atomic mass is 9.96. The molecule has 1 unspecified atom stereocenters. The van der Waals surface area contributed by atoms with Gasteiger partial charge in [-0.05, 0) is 66.8 Å². The molecule has 1 heterocycles. The fourth-order valence-corrected chi connectivity index (χ4v) is 6.36. The molecule has 1 saturated heterocycles. The van der Waals surface area contributed by atoms with Crippen LogP contribution >= 0.6 is 11.6 Å². The molecule has 1 fully saturated rings. The van der Waals surface area contributed by atoms with Gasteiger partial charge in [0.05, 0.1) is 22.5 Å². The van der Waals surface area contributed by atoms with Gasteiger partial charge in [-0.2, -0.15) is 13.2 Å². The number of carbonyl (C=O) groups is 1. The minimum absolute atomic E-state index is 0.00180. The normalized spacial score (nSPS) is 17.2. The smallest absolute Gasteiger partial charge is 0.348 e. The van der Waals surface area contributed by atoms with Crippen molar-refractivity contribution >= 4 is 37.4 Å². The van der Waals surface area contributed by atoms with Crippen LogP contribution in [0, 0.1) is 5.92 Å². The summed E-state index contributed by atoms with van der Waals surface area (Å²) < 4.78 is 92.0. The van der Waals surface area contributed by atoms with E-state index in [9.17, 15) is 34.8 Å². The van der Waals surface area contributed by atoms with Gasteiger partial charge >= 0.3 is 6.18 Å². The molecule has 0 radical (unpaired) electrons. The van der Waals surface area contributed by atoms with Crippen molar-refractivity contribution in [2.45, 2.75) is 43.9 Å². The molecule has 2 N–H and O–H groups in total. The molecule has 1 aliphatic rings. The molecule has 216 valence electrons. The number of likely N-dealkylation sites (tertiary alicyclic amines) is 1. The Morgan fingerprint density at radius 1 is 1.10 bits per heavy atom. The van der Waals surface area contributed by atoms with E-state index >= 15 is 0 Å². The van der Waals surface area contributed by atoms with E-state index in [0.29, 0.717) is 13.1 Å². The van der Waals surface area contributed by atoms with Crippen molar-refractivity contribution < 1.29 is 34.8 Å². The highest BCUT2D eigenvalue weighted by molar-refractivity contribution is 7.91. The quantitative estimate of drug-likeness (QED) is 0.423. The molecule has 0 aliphatic carbocycles. The Balaban J connectivity index is 1.76. The van der Waals surface area contributed by atoms with Gasteiger partial charge in [0.15, 0.2) is 9.84 Å². The highest BCUT2D eigenvalue weighted by atomic mass is 35.5. The predicted molar refractivity (Wildman–Crippen MR) is 143 cm³/mol. The molecule has 3 rings (SSSR count). The fraction of sp³-hybridized carbons (Fsp3) is 0.480. The molecular formula is C25H31ClF3N3O5S2. The zero-order chi connectivity index (χ0) is 29.0. The van der Waals surface area contributed by atoms with E-state index in [1.807, 2.05) is 4.90 Å². The van der Waals surface area contributed by atoms with E-state index in [2.05, 4.69) is 10.0 Å². The van der Waals surface area contributed by atoms with Crippen LogP contribution in [0.2, 0.25) is 5.02 Å². The van der Waals surface area contributed by atoms with Gasteiger partial charge in [0.25, 0.3) is 5.91 Å². The summed E-state index contributed by atoms with van der Waals surface area (Å²) in [4.78, 5) is 14.6. The van der Waals surface area contributed by atoms with Gasteiger partial charge in [-0.1, -0.05) is 24.6 Å². The number of benzene rings is 2.